The molecule has 20 heavy (non-hydrogen) atoms. The summed E-state index contributed by atoms with van der Waals surface area (Å²) < 4.78 is 23.5. The Labute approximate surface area is 123 Å². The molecule has 2 aromatic rings. The van der Waals surface area contributed by atoms with Crippen LogP contribution in [0.25, 0.3) is 0 Å². The van der Waals surface area contributed by atoms with Crippen molar-refractivity contribution in [2.75, 3.05) is 12.8 Å². The first kappa shape index (κ1) is 15.0. The highest BCUT2D eigenvalue weighted by atomic mass is 35.5. The Bertz CT molecular complexity index is 669. The molecule has 0 spiro atoms. The number of benzene rings is 1. The number of halogens is 1. The Morgan fingerprint density at radius 2 is 2.20 bits per heavy atom. The minimum atomic E-state index is -3.28. The van der Waals surface area contributed by atoms with E-state index in [2.05, 4.69) is 15.3 Å². The molecule has 0 atom stereocenters. The van der Waals surface area contributed by atoms with E-state index in [1.165, 1.54) is 6.26 Å². The smallest absolute Gasteiger partial charge is 0.175 e. The van der Waals surface area contributed by atoms with Gasteiger partial charge in [0.1, 0.15) is 0 Å². The molecule has 7 heteroatoms. The van der Waals surface area contributed by atoms with Crippen molar-refractivity contribution in [2.24, 2.45) is 0 Å². The van der Waals surface area contributed by atoms with Crippen LogP contribution in [0.5, 0.6) is 0 Å². The average Bonchev–Trinajstić information content (AvgIpc) is 2.88. The number of hydrogen-bond donors (Lipinski definition) is 2. The maximum Gasteiger partial charge on any atom is 0.175 e. The zero-order valence-electron chi connectivity index (χ0n) is 11.1. The molecule has 0 aliphatic carbocycles. The van der Waals surface area contributed by atoms with Gasteiger partial charge in [0.2, 0.25) is 0 Å². The number of rotatable bonds is 6. The number of nitrogens with one attached hydrogen (secondary N) is 2. The minimum absolute atomic E-state index is 0.277. The third-order valence-corrected chi connectivity index (χ3v) is 4.44. The molecule has 108 valence electrons. The van der Waals surface area contributed by atoms with Gasteiger partial charge < -0.3 is 10.3 Å². The molecule has 0 bridgehead atoms. The Morgan fingerprint density at radius 3 is 2.85 bits per heavy atom. The number of sulfone groups is 1. The molecule has 0 fully saturated rings. The summed E-state index contributed by atoms with van der Waals surface area (Å²) in [4.78, 5) is 7.22. The number of H-pyrrole nitrogens is 1. The first-order valence-corrected chi connectivity index (χ1v) is 8.41. The maximum absolute atomic E-state index is 11.7. The summed E-state index contributed by atoms with van der Waals surface area (Å²) >= 11 is 6.09. The molecule has 0 aliphatic rings. The van der Waals surface area contributed by atoms with Gasteiger partial charge >= 0.3 is 0 Å². The Morgan fingerprint density at radius 1 is 1.40 bits per heavy atom. The zero-order chi connectivity index (χ0) is 14.6. The monoisotopic (exact) mass is 313 g/mol. The molecular formula is C13H16ClN3O2S. The van der Waals surface area contributed by atoms with Crippen molar-refractivity contribution in [1.82, 2.24) is 15.3 Å². The van der Waals surface area contributed by atoms with E-state index in [-0.39, 0.29) is 4.90 Å². The summed E-state index contributed by atoms with van der Waals surface area (Å²) in [7, 11) is -3.28. The van der Waals surface area contributed by atoms with Crippen LogP contribution in [0.2, 0.25) is 5.02 Å². The lowest BCUT2D eigenvalue weighted by Gasteiger charge is -2.11. The first-order chi connectivity index (χ1) is 9.48. The fourth-order valence-electron chi connectivity index (χ4n) is 1.92. The van der Waals surface area contributed by atoms with Crippen molar-refractivity contribution in [3.63, 3.8) is 0 Å². The van der Waals surface area contributed by atoms with Crippen LogP contribution in [0.4, 0.5) is 0 Å². The number of aromatic amines is 1. The molecule has 0 unspecified atom stereocenters. The van der Waals surface area contributed by atoms with Gasteiger partial charge in [0, 0.05) is 48.2 Å². The van der Waals surface area contributed by atoms with E-state index in [9.17, 15) is 8.42 Å². The first-order valence-electron chi connectivity index (χ1n) is 6.14. The second kappa shape index (κ2) is 6.39. The lowest BCUT2D eigenvalue weighted by molar-refractivity contribution is 0.598. The predicted molar refractivity (Wildman–Crippen MR) is 78.6 cm³/mol. The summed E-state index contributed by atoms with van der Waals surface area (Å²) in [6.45, 7) is 1.12. The summed E-state index contributed by atoms with van der Waals surface area (Å²) in [5, 5.41) is 3.66. The Hall–Kier alpha value is -1.37. The van der Waals surface area contributed by atoms with Crippen LogP contribution in [-0.4, -0.2) is 31.2 Å². The van der Waals surface area contributed by atoms with Gasteiger partial charge in [0.25, 0.3) is 0 Å². The van der Waals surface area contributed by atoms with Gasteiger partial charge in [0.05, 0.1) is 11.2 Å². The van der Waals surface area contributed by atoms with E-state index in [0.29, 0.717) is 23.7 Å². The van der Waals surface area contributed by atoms with E-state index >= 15 is 0 Å². The molecule has 0 aliphatic heterocycles. The van der Waals surface area contributed by atoms with E-state index < -0.39 is 9.84 Å². The maximum atomic E-state index is 11.7. The number of hydrogen-bond acceptors (Lipinski definition) is 4. The van der Waals surface area contributed by atoms with Crippen molar-refractivity contribution in [3.8, 4) is 0 Å². The van der Waals surface area contributed by atoms with Gasteiger partial charge in [-0.2, -0.15) is 0 Å². The van der Waals surface area contributed by atoms with Crippen molar-refractivity contribution in [1.29, 1.82) is 0 Å². The molecule has 0 radical (unpaired) electrons. The van der Waals surface area contributed by atoms with Crippen LogP contribution in [0, 0.1) is 0 Å². The summed E-state index contributed by atoms with van der Waals surface area (Å²) in [5.41, 5.74) is 1.64. The number of nitrogens with zero attached hydrogens (tertiary/aromatic N) is 1. The van der Waals surface area contributed by atoms with E-state index in [4.69, 9.17) is 11.6 Å². The molecular weight excluding hydrogens is 298 g/mol. The molecule has 0 saturated carbocycles. The van der Waals surface area contributed by atoms with Crippen LogP contribution in [-0.2, 0) is 22.8 Å². The minimum Gasteiger partial charge on any atom is -0.348 e. The normalized spacial score (nSPS) is 11.7. The largest absolute Gasteiger partial charge is 0.348 e. The molecule has 1 aromatic carbocycles. The lowest BCUT2D eigenvalue weighted by atomic mass is 10.2. The van der Waals surface area contributed by atoms with Crippen molar-refractivity contribution >= 4 is 21.4 Å². The molecule has 1 heterocycles. The van der Waals surface area contributed by atoms with Crippen LogP contribution in [0.3, 0.4) is 0 Å². The highest BCUT2D eigenvalue weighted by Gasteiger charge is 2.15. The fourth-order valence-corrected chi connectivity index (χ4v) is 3.17. The third kappa shape index (κ3) is 3.82. The van der Waals surface area contributed by atoms with Crippen LogP contribution in [0.15, 0.2) is 35.6 Å². The predicted octanol–water partition coefficient (Wildman–Crippen LogP) is 1.80. The number of aromatic nitrogens is 2. The van der Waals surface area contributed by atoms with Gasteiger partial charge in [-0.25, -0.2) is 13.4 Å². The van der Waals surface area contributed by atoms with Gasteiger partial charge in [0.15, 0.2) is 9.84 Å². The highest BCUT2D eigenvalue weighted by molar-refractivity contribution is 7.90. The Kier molecular flexibility index (Phi) is 4.80. The summed E-state index contributed by atoms with van der Waals surface area (Å²) in [6.07, 6.45) is 5.37. The van der Waals surface area contributed by atoms with Crippen LogP contribution >= 0.6 is 11.6 Å². The SMILES string of the molecule is CS(=O)(=O)c1cccc(Cl)c1CNCCc1cnc[nH]1. The quantitative estimate of drug-likeness (QED) is 0.797. The van der Waals surface area contributed by atoms with E-state index in [0.717, 1.165) is 12.1 Å². The Balaban J connectivity index is 2.02. The standard InChI is InChI=1S/C13H16ClN3O2S/c1-20(18,19)13-4-2-3-12(14)11(13)8-15-6-5-10-7-16-9-17-10/h2-4,7,9,15H,5-6,8H2,1H3,(H,16,17). The van der Waals surface area contributed by atoms with Gasteiger partial charge in [-0.15, -0.1) is 0 Å². The van der Waals surface area contributed by atoms with Crippen molar-refractivity contribution in [2.45, 2.75) is 17.9 Å². The molecule has 1 aromatic heterocycles. The van der Waals surface area contributed by atoms with Gasteiger partial charge in [-0.1, -0.05) is 17.7 Å². The third-order valence-electron chi connectivity index (χ3n) is 2.90. The molecule has 5 nitrogen and oxygen atoms in total. The second-order valence-corrected chi connectivity index (χ2v) is 6.88. The molecule has 2 N–H and O–H groups in total. The molecule has 0 saturated heterocycles. The summed E-state index contributed by atoms with van der Waals surface area (Å²) in [6, 6.07) is 4.92. The van der Waals surface area contributed by atoms with Crippen molar-refractivity contribution < 1.29 is 8.42 Å². The van der Waals surface area contributed by atoms with Crippen molar-refractivity contribution in [3.05, 3.63) is 47.0 Å². The fraction of sp³-hybridized carbons (Fsp3) is 0.308. The van der Waals surface area contributed by atoms with Gasteiger partial charge in [-0.3, -0.25) is 0 Å². The average molecular weight is 314 g/mol. The van der Waals surface area contributed by atoms with Crippen LogP contribution in [0.1, 0.15) is 11.3 Å². The van der Waals surface area contributed by atoms with E-state index in [1.807, 2.05) is 0 Å². The number of imidazole rings is 1. The second-order valence-electron chi connectivity index (χ2n) is 4.49. The van der Waals surface area contributed by atoms with Crippen LogP contribution < -0.4 is 5.32 Å². The molecule has 0 amide bonds. The summed E-state index contributed by atoms with van der Waals surface area (Å²) in [5.74, 6) is 0. The topological polar surface area (TPSA) is 74.8 Å². The zero-order valence-corrected chi connectivity index (χ0v) is 12.6. The van der Waals surface area contributed by atoms with E-state index in [1.54, 1.807) is 30.7 Å². The lowest BCUT2D eigenvalue weighted by Crippen LogP contribution is -2.19. The highest BCUT2D eigenvalue weighted by Crippen LogP contribution is 2.23. The molecule has 2 rings (SSSR count). The van der Waals surface area contributed by atoms with Gasteiger partial charge in [-0.05, 0) is 12.1 Å².